The van der Waals surface area contributed by atoms with Crippen molar-refractivity contribution in [2.45, 2.75) is 13.3 Å². The fourth-order valence-corrected chi connectivity index (χ4v) is 2.06. The van der Waals surface area contributed by atoms with Crippen molar-refractivity contribution in [3.05, 3.63) is 29.8 Å². The third-order valence-electron chi connectivity index (χ3n) is 3.13. The summed E-state index contributed by atoms with van der Waals surface area (Å²) in [5, 5.41) is 0. The van der Waals surface area contributed by atoms with Crippen LogP contribution in [0.1, 0.15) is 12.5 Å². The van der Waals surface area contributed by atoms with E-state index in [1.807, 2.05) is 12.1 Å². The molecule has 0 saturated carbocycles. The molecule has 0 unspecified atom stereocenters. The number of amides is 2. The number of likely N-dealkylation sites (N-methyl/N-ethyl adjacent to an activating group) is 1. The van der Waals surface area contributed by atoms with Crippen molar-refractivity contribution in [3.63, 3.8) is 0 Å². The predicted molar refractivity (Wildman–Crippen MR) is 70.8 cm³/mol. The highest BCUT2D eigenvalue weighted by Gasteiger charge is 2.30. The zero-order chi connectivity index (χ0) is 14.0. The van der Waals surface area contributed by atoms with Gasteiger partial charge in [0.1, 0.15) is 5.78 Å². The minimum Gasteiger partial charge on any atom is -0.336 e. The van der Waals surface area contributed by atoms with Crippen LogP contribution in [0.4, 0.5) is 5.69 Å². The van der Waals surface area contributed by atoms with E-state index >= 15 is 0 Å². The van der Waals surface area contributed by atoms with E-state index in [1.54, 1.807) is 19.2 Å². The molecule has 5 nitrogen and oxygen atoms in total. The highest BCUT2D eigenvalue weighted by molar-refractivity contribution is 6.40. The summed E-state index contributed by atoms with van der Waals surface area (Å²) in [7, 11) is 1.62. The summed E-state index contributed by atoms with van der Waals surface area (Å²) in [6.07, 6.45) is 0.385. The molecule has 0 N–H and O–H groups in total. The van der Waals surface area contributed by atoms with Crippen LogP contribution in [-0.2, 0) is 20.8 Å². The number of hydrogen-bond acceptors (Lipinski definition) is 3. The first-order chi connectivity index (χ1) is 8.99. The summed E-state index contributed by atoms with van der Waals surface area (Å²) >= 11 is 0. The number of nitrogens with zero attached hydrogens (tertiary/aromatic N) is 2. The van der Waals surface area contributed by atoms with Crippen molar-refractivity contribution in [1.82, 2.24) is 4.90 Å². The Balaban J connectivity index is 2.16. The van der Waals surface area contributed by atoms with Gasteiger partial charge in [0.15, 0.2) is 0 Å². The molecule has 0 spiro atoms. The lowest BCUT2D eigenvalue weighted by Crippen LogP contribution is -2.53. The number of piperazine rings is 1. The molecule has 100 valence electrons. The van der Waals surface area contributed by atoms with Crippen LogP contribution in [0, 0.1) is 0 Å². The molecule has 0 aromatic heterocycles. The maximum atomic E-state index is 11.9. The van der Waals surface area contributed by atoms with Gasteiger partial charge in [0.2, 0.25) is 0 Å². The van der Waals surface area contributed by atoms with Crippen molar-refractivity contribution in [3.8, 4) is 0 Å². The Labute approximate surface area is 111 Å². The molecule has 0 aliphatic carbocycles. The standard InChI is InChI=1S/C14H16N2O3/c1-10(17)9-11-3-5-12(6-4-11)16-8-7-15(2)13(18)14(16)19/h3-6H,7-9H2,1-2H3. The van der Waals surface area contributed by atoms with E-state index in [4.69, 9.17) is 0 Å². The van der Waals surface area contributed by atoms with Crippen LogP contribution >= 0.6 is 0 Å². The minimum absolute atomic E-state index is 0.0959. The van der Waals surface area contributed by atoms with Gasteiger partial charge >= 0.3 is 11.8 Å². The number of anilines is 1. The second-order valence-corrected chi connectivity index (χ2v) is 4.73. The third kappa shape index (κ3) is 2.81. The first-order valence-electron chi connectivity index (χ1n) is 6.14. The molecule has 5 heteroatoms. The molecular formula is C14H16N2O3. The number of hydrogen-bond donors (Lipinski definition) is 0. The van der Waals surface area contributed by atoms with E-state index in [1.165, 1.54) is 16.7 Å². The van der Waals surface area contributed by atoms with E-state index in [2.05, 4.69) is 0 Å². The van der Waals surface area contributed by atoms with Crippen LogP contribution in [0.3, 0.4) is 0 Å². The number of rotatable bonds is 3. The molecule has 1 aliphatic heterocycles. The largest absolute Gasteiger partial charge is 0.336 e. The van der Waals surface area contributed by atoms with Gasteiger partial charge in [-0.1, -0.05) is 12.1 Å². The molecule has 1 saturated heterocycles. The van der Waals surface area contributed by atoms with Crippen LogP contribution in [0.5, 0.6) is 0 Å². The Morgan fingerprint density at radius 1 is 1.11 bits per heavy atom. The topological polar surface area (TPSA) is 57.7 Å². The van der Waals surface area contributed by atoms with Gasteiger partial charge in [-0.05, 0) is 24.6 Å². The SMILES string of the molecule is CC(=O)Cc1ccc(N2CCN(C)C(=O)C2=O)cc1. The Kier molecular flexibility index (Phi) is 3.64. The minimum atomic E-state index is -0.506. The van der Waals surface area contributed by atoms with Crippen molar-refractivity contribution in [2.75, 3.05) is 25.0 Å². The van der Waals surface area contributed by atoms with Gasteiger partial charge in [0.25, 0.3) is 0 Å². The highest BCUT2D eigenvalue weighted by atomic mass is 16.2. The van der Waals surface area contributed by atoms with Crippen LogP contribution < -0.4 is 4.90 Å². The molecule has 0 radical (unpaired) electrons. The van der Waals surface area contributed by atoms with Gasteiger partial charge in [0.05, 0.1) is 0 Å². The van der Waals surface area contributed by atoms with E-state index in [-0.39, 0.29) is 5.78 Å². The lowest BCUT2D eigenvalue weighted by molar-refractivity contribution is -0.145. The number of benzene rings is 1. The van der Waals surface area contributed by atoms with Gasteiger partial charge in [-0.2, -0.15) is 0 Å². The van der Waals surface area contributed by atoms with Crippen LogP contribution in [0.2, 0.25) is 0 Å². The molecule has 0 bridgehead atoms. The number of carbonyl (C=O) groups is 3. The Morgan fingerprint density at radius 2 is 1.74 bits per heavy atom. The van der Waals surface area contributed by atoms with Crippen molar-refractivity contribution in [1.29, 1.82) is 0 Å². The molecule has 2 amide bonds. The Bertz CT molecular complexity index is 522. The lowest BCUT2D eigenvalue weighted by Gasteiger charge is -2.31. The Morgan fingerprint density at radius 3 is 2.32 bits per heavy atom. The first kappa shape index (κ1) is 13.3. The fraction of sp³-hybridized carbons (Fsp3) is 0.357. The maximum absolute atomic E-state index is 11.9. The normalized spacial score (nSPS) is 15.9. The average Bonchev–Trinajstić information content (AvgIpc) is 2.37. The maximum Gasteiger partial charge on any atom is 0.316 e. The van der Waals surface area contributed by atoms with Gasteiger partial charge in [-0.15, -0.1) is 0 Å². The summed E-state index contributed by atoms with van der Waals surface area (Å²) in [6.45, 7) is 2.56. The van der Waals surface area contributed by atoms with Crippen molar-refractivity contribution < 1.29 is 14.4 Å². The second-order valence-electron chi connectivity index (χ2n) is 4.73. The molecule has 1 heterocycles. The highest BCUT2D eigenvalue weighted by Crippen LogP contribution is 2.18. The lowest BCUT2D eigenvalue weighted by atomic mass is 10.1. The number of Topliss-reactive ketones (excluding diaryl/α,β-unsaturated/α-hetero) is 1. The van der Waals surface area contributed by atoms with Crippen molar-refractivity contribution in [2.24, 2.45) is 0 Å². The summed E-state index contributed by atoms with van der Waals surface area (Å²) in [5.74, 6) is -0.897. The van der Waals surface area contributed by atoms with E-state index in [9.17, 15) is 14.4 Å². The number of carbonyl (C=O) groups excluding carboxylic acids is 3. The van der Waals surface area contributed by atoms with Gasteiger partial charge in [-0.3, -0.25) is 14.4 Å². The van der Waals surface area contributed by atoms with E-state index < -0.39 is 11.8 Å². The molecule has 19 heavy (non-hydrogen) atoms. The van der Waals surface area contributed by atoms with Gasteiger partial charge in [-0.25, -0.2) is 0 Å². The summed E-state index contributed by atoms with van der Waals surface area (Å²) in [4.78, 5) is 37.4. The number of ketones is 1. The van der Waals surface area contributed by atoms with Gasteiger partial charge in [0, 0.05) is 32.2 Å². The molecule has 1 aromatic carbocycles. The van der Waals surface area contributed by atoms with Crippen LogP contribution in [-0.4, -0.2) is 42.6 Å². The van der Waals surface area contributed by atoms with Crippen LogP contribution in [0.25, 0.3) is 0 Å². The Hall–Kier alpha value is -2.17. The first-order valence-corrected chi connectivity index (χ1v) is 6.14. The monoisotopic (exact) mass is 260 g/mol. The van der Waals surface area contributed by atoms with E-state index in [0.717, 1.165) is 5.56 Å². The molecular weight excluding hydrogens is 244 g/mol. The second kappa shape index (κ2) is 5.22. The van der Waals surface area contributed by atoms with Gasteiger partial charge < -0.3 is 9.80 Å². The van der Waals surface area contributed by atoms with Crippen molar-refractivity contribution >= 4 is 23.3 Å². The smallest absolute Gasteiger partial charge is 0.316 e. The fourth-order valence-electron chi connectivity index (χ4n) is 2.06. The molecule has 1 aromatic rings. The van der Waals surface area contributed by atoms with E-state index in [0.29, 0.717) is 25.2 Å². The quantitative estimate of drug-likeness (QED) is 0.749. The predicted octanol–water partition coefficient (Wildman–Crippen LogP) is 0.623. The zero-order valence-electron chi connectivity index (χ0n) is 11.0. The van der Waals surface area contributed by atoms with Crippen LogP contribution in [0.15, 0.2) is 24.3 Å². The zero-order valence-corrected chi connectivity index (χ0v) is 11.0. The molecule has 1 fully saturated rings. The molecule has 0 atom stereocenters. The molecule has 1 aliphatic rings. The average molecular weight is 260 g/mol. The summed E-state index contributed by atoms with van der Waals surface area (Å²) in [5.41, 5.74) is 1.60. The third-order valence-corrected chi connectivity index (χ3v) is 3.13. The summed E-state index contributed by atoms with van der Waals surface area (Å²) < 4.78 is 0. The summed E-state index contributed by atoms with van der Waals surface area (Å²) in [6, 6.07) is 7.17. The molecule has 2 rings (SSSR count).